The van der Waals surface area contributed by atoms with E-state index >= 15 is 0 Å². The third-order valence-electron chi connectivity index (χ3n) is 0.586. The zero-order valence-corrected chi connectivity index (χ0v) is 15.5. The van der Waals surface area contributed by atoms with Crippen molar-refractivity contribution in [3.8, 4) is 0 Å². The average molecular weight is 333 g/mol. The van der Waals surface area contributed by atoms with E-state index in [-0.39, 0.29) is 52.2 Å². The van der Waals surface area contributed by atoms with Gasteiger partial charge in [-0.15, -0.1) is 12.0 Å². The zero-order valence-electron chi connectivity index (χ0n) is 11.6. The third-order valence-corrected chi connectivity index (χ3v) is 0.586. The maximum Gasteiger partial charge on any atom is 4.00 e. The van der Waals surface area contributed by atoms with Crippen LogP contribution in [0.2, 0.25) is 19.6 Å². The van der Waals surface area contributed by atoms with Gasteiger partial charge >= 0.3 is 18.6 Å². The van der Waals surface area contributed by atoms with Crippen LogP contribution < -0.4 is 29.9 Å². The van der Waals surface area contributed by atoms with Crippen molar-refractivity contribution in [3.63, 3.8) is 0 Å². The Labute approximate surface area is 133 Å². The molecular formula is C12H23Cl2OSiV. The number of allylic oxidation sites excluding steroid dienone is 4. The molecule has 0 saturated heterocycles. The first-order chi connectivity index (χ1) is 6.23. The molecule has 0 aromatic carbocycles. The molecule has 2 radical (unpaired) electrons. The minimum absolute atomic E-state index is 0. The first-order valence-corrected chi connectivity index (χ1v) is 7.92. The largest absolute Gasteiger partial charge is 4.00 e. The summed E-state index contributed by atoms with van der Waals surface area (Å²) in [6.07, 6.45) is 10.0. The fourth-order valence-electron chi connectivity index (χ4n) is 0.340. The van der Waals surface area contributed by atoms with Gasteiger partial charge in [-0.1, -0.05) is 40.4 Å². The molecule has 1 nitrogen and oxygen atoms in total. The Hall–Kier alpha value is 0.821. The molecule has 0 spiro atoms. The molecule has 0 aromatic heterocycles. The monoisotopic (exact) mass is 332 g/mol. The molecule has 0 amide bonds. The quantitative estimate of drug-likeness (QED) is 0.339. The number of rotatable bonds is 0. The van der Waals surface area contributed by atoms with Crippen molar-refractivity contribution in [1.29, 1.82) is 0 Å². The van der Waals surface area contributed by atoms with Crippen LogP contribution in [0.25, 0.3) is 0 Å². The minimum Gasteiger partial charge on any atom is -1.00 e. The van der Waals surface area contributed by atoms with Crippen molar-refractivity contribution in [2.45, 2.75) is 52.4 Å². The first-order valence-electron chi connectivity index (χ1n) is 4.92. The molecule has 17 heavy (non-hydrogen) atoms. The van der Waals surface area contributed by atoms with Gasteiger partial charge < -0.3 is 29.9 Å². The van der Waals surface area contributed by atoms with Crippen LogP contribution in [0.4, 0.5) is 0 Å². The van der Waals surface area contributed by atoms with Crippen molar-refractivity contribution in [2.24, 2.45) is 0 Å². The van der Waals surface area contributed by atoms with Gasteiger partial charge in [-0.2, -0.15) is 6.08 Å². The average Bonchev–Trinajstić information content (AvgIpc) is 2.32. The Balaban J connectivity index is -0.0000000392. The molecule has 0 fully saturated rings. The van der Waals surface area contributed by atoms with Gasteiger partial charge in [0.2, 0.25) is 0 Å². The van der Waals surface area contributed by atoms with E-state index in [2.05, 4.69) is 31.8 Å². The molecule has 0 aliphatic heterocycles. The number of hydrogen-bond acceptors (Lipinski definition) is 1. The Kier molecular flexibility index (Phi) is 34.6. The zero-order chi connectivity index (χ0) is 11.6. The second-order valence-electron chi connectivity index (χ2n) is 4.62. The van der Waals surface area contributed by atoms with Gasteiger partial charge in [0, 0.05) is 8.80 Å². The van der Waals surface area contributed by atoms with E-state index < -0.39 is 5.60 Å². The summed E-state index contributed by atoms with van der Waals surface area (Å²) in [4.78, 5) is 0. The summed E-state index contributed by atoms with van der Waals surface area (Å²) in [5.74, 6) is 0. The SMILES string of the molecule is CC(C)(C)[O-].C[Si](C)C.[C-]1=CC=CC1.[Cl-].[Cl-].[V+4]. The summed E-state index contributed by atoms with van der Waals surface area (Å²) in [7, 11) is 0.120. The molecule has 0 bridgehead atoms. The molecule has 1 rings (SSSR count). The molecule has 0 N–H and O–H groups in total. The Bertz CT molecular complexity index is 159. The molecule has 0 saturated carbocycles. The fraction of sp³-hybridized carbons (Fsp3) is 0.667. The van der Waals surface area contributed by atoms with Crippen LogP contribution in [0.15, 0.2) is 18.2 Å². The molecule has 0 heterocycles. The van der Waals surface area contributed by atoms with Gasteiger partial charge in [0.05, 0.1) is 0 Å². The number of halogens is 2. The summed E-state index contributed by atoms with van der Waals surface area (Å²) >= 11 is 0. The standard InChI is InChI=1S/C5H5.C4H9O.C3H9Si.2ClH.V/c1-2-4-5-3-1;1-4(2,3)5;1-4(2)3;;;/h1-3H,4H2;1-3H3;1-3H3;2*1H;/q2*-1;;;;+4/p-2. The van der Waals surface area contributed by atoms with Gasteiger partial charge in [-0.05, 0) is 0 Å². The fourth-order valence-corrected chi connectivity index (χ4v) is 0.340. The van der Waals surface area contributed by atoms with Crippen LogP contribution >= 0.6 is 0 Å². The van der Waals surface area contributed by atoms with Gasteiger partial charge in [0.15, 0.2) is 0 Å². The summed E-state index contributed by atoms with van der Waals surface area (Å²) in [6.45, 7) is 11.7. The molecule has 1 aliphatic rings. The van der Waals surface area contributed by atoms with Gasteiger partial charge in [-0.3, -0.25) is 6.08 Å². The van der Waals surface area contributed by atoms with Crippen LogP contribution in [0, 0.1) is 6.08 Å². The molecule has 0 atom stereocenters. The van der Waals surface area contributed by atoms with Gasteiger partial charge in [0.1, 0.15) is 0 Å². The molecule has 0 aromatic rings. The van der Waals surface area contributed by atoms with E-state index in [9.17, 15) is 5.11 Å². The summed E-state index contributed by atoms with van der Waals surface area (Å²) in [5, 5.41) is 10.1. The predicted molar refractivity (Wildman–Crippen MR) is 64.7 cm³/mol. The van der Waals surface area contributed by atoms with Crippen molar-refractivity contribution < 1.29 is 48.5 Å². The van der Waals surface area contributed by atoms with Crippen molar-refractivity contribution in [1.82, 2.24) is 0 Å². The Morgan fingerprint density at radius 1 is 1.12 bits per heavy atom. The van der Waals surface area contributed by atoms with Crippen LogP contribution in [0.1, 0.15) is 27.2 Å². The van der Waals surface area contributed by atoms with E-state index in [4.69, 9.17) is 0 Å². The maximum absolute atomic E-state index is 10.1. The topological polar surface area (TPSA) is 23.1 Å². The van der Waals surface area contributed by atoms with E-state index in [0.29, 0.717) is 0 Å². The second-order valence-corrected chi connectivity index (χ2v) is 7.62. The van der Waals surface area contributed by atoms with Crippen molar-refractivity contribution >= 4 is 8.80 Å². The van der Waals surface area contributed by atoms with E-state index in [1.54, 1.807) is 20.8 Å². The molecule has 1 aliphatic carbocycles. The van der Waals surface area contributed by atoms with E-state index in [1.807, 2.05) is 12.2 Å². The molecule has 0 unspecified atom stereocenters. The van der Waals surface area contributed by atoms with Crippen molar-refractivity contribution in [3.05, 3.63) is 24.3 Å². The maximum atomic E-state index is 10.1. The summed E-state index contributed by atoms with van der Waals surface area (Å²) < 4.78 is 0. The van der Waals surface area contributed by atoms with Crippen molar-refractivity contribution in [2.75, 3.05) is 0 Å². The van der Waals surface area contributed by atoms with Gasteiger partial charge in [0.25, 0.3) is 0 Å². The minimum atomic E-state index is -0.750. The summed E-state index contributed by atoms with van der Waals surface area (Å²) in [6, 6.07) is 0. The van der Waals surface area contributed by atoms with Gasteiger partial charge in [-0.25, -0.2) is 12.2 Å². The normalized spacial score (nSPS) is 10.8. The van der Waals surface area contributed by atoms with E-state index in [0.717, 1.165) is 6.42 Å². The Morgan fingerprint density at radius 3 is 1.47 bits per heavy atom. The second kappa shape index (κ2) is 19.2. The van der Waals surface area contributed by atoms with E-state index in [1.165, 1.54) is 0 Å². The Morgan fingerprint density at radius 2 is 1.41 bits per heavy atom. The molecule has 5 heteroatoms. The number of hydrogen-bond donors (Lipinski definition) is 0. The first kappa shape index (κ1) is 30.7. The van der Waals surface area contributed by atoms with Crippen LogP contribution in [0.3, 0.4) is 0 Å². The smallest absolute Gasteiger partial charge is 1.00 e. The van der Waals surface area contributed by atoms with Crippen LogP contribution in [-0.2, 0) is 18.6 Å². The third kappa shape index (κ3) is 109. The predicted octanol–water partition coefficient (Wildman–Crippen LogP) is -3.17. The molecule has 100 valence electrons. The summed E-state index contributed by atoms with van der Waals surface area (Å²) in [5.41, 5.74) is -0.750. The van der Waals surface area contributed by atoms with Crippen LogP contribution in [0.5, 0.6) is 0 Å². The van der Waals surface area contributed by atoms with Crippen LogP contribution in [-0.4, -0.2) is 14.4 Å². The molecular weight excluding hydrogens is 310 g/mol.